The van der Waals surface area contributed by atoms with Crippen molar-refractivity contribution in [3.8, 4) is 0 Å². The van der Waals surface area contributed by atoms with Crippen LogP contribution in [0.4, 0.5) is 0 Å². The van der Waals surface area contributed by atoms with Crippen LogP contribution in [0.25, 0.3) is 0 Å². The molecule has 0 aromatic heterocycles. The quantitative estimate of drug-likeness (QED) is 0.497. The molecule has 2 atom stereocenters. The average molecular weight is 434 g/mol. The van der Waals surface area contributed by atoms with Gasteiger partial charge in [-0.25, -0.2) is 0 Å². The topological polar surface area (TPSA) is 65.0 Å². The number of carbonyl (C=O) groups excluding carboxylic acids is 2. The van der Waals surface area contributed by atoms with E-state index < -0.39 is 5.92 Å². The number of ketones is 1. The normalized spacial score (nSPS) is 22.3. The number of hydrogen-bond acceptors (Lipinski definition) is 5. The molecule has 0 spiro atoms. The number of nitrogens with zero attached hydrogens (tertiary/aromatic N) is 1. The maximum Gasteiger partial charge on any atom is 0.315 e. The summed E-state index contributed by atoms with van der Waals surface area (Å²) in [6, 6.07) is 7.78. The molecule has 1 aliphatic carbocycles. The number of halogens is 1. The van der Waals surface area contributed by atoms with Gasteiger partial charge in [0.05, 0.1) is 6.61 Å². The number of allylic oxidation sites excluding steroid dienone is 2. The molecule has 0 amide bonds. The molecule has 0 saturated carbocycles. The molecule has 5 nitrogen and oxygen atoms in total. The molecule has 0 fully saturated rings. The van der Waals surface area contributed by atoms with E-state index in [0.29, 0.717) is 30.9 Å². The molecule has 1 aromatic rings. The maximum absolute atomic E-state index is 12.9. The van der Waals surface area contributed by atoms with Gasteiger partial charge in [0.15, 0.2) is 5.78 Å². The number of esters is 1. The third kappa shape index (κ3) is 4.38. The number of Topliss-reactive ketones (excluding diaryl/α,β-unsaturated/α-hetero) is 1. The molecule has 27 heavy (non-hydrogen) atoms. The van der Waals surface area contributed by atoms with E-state index in [4.69, 9.17) is 9.47 Å². The zero-order valence-corrected chi connectivity index (χ0v) is 17.3. The summed E-state index contributed by atoms with van der Waals surface area (Å²) in [5.41, 5.74) is 3.13. The third-order valence-corrected chi connectivity index (χ3v) is 5.47. The van der Waals surface area contributed by atoms with E-state index in [9.17, 15) is 9.59 Å². The number of rotatable bonds is 6. The van der Waals surface area contributed by atoms with E-state index in [1.54, 1.807) is 0 Å². The fourth-order valence-corrected chi connectivity index (χ4v) is 4.22. The van der Waals surface area contributed by atoms with Crippen LogP contribution in [0.2, 0.25) is 0 Å². The average Bonchev–Trinajstić information content (AvgIpc) is 2.64. The first-order valence-corrected chi connectivity index (χ1v) is 10.1. The lowest BCUT2D eigenvalue weighted by Gasteiger charge is -2.34. The molecule has 3 rings (SSSR count). The minimum atomic E-state index is -0.596. The summed E-state index contributed by atoms with van der Waals surface area (Å²) in [6.07, 6.45) is 2.09. The second kappa shape index (κ2) is 8.93. The molecule has 1 aromatic carbocycles. The number of benzene rings is 1. The Bertz CT molecular complexity index is 799. The van der Waals surface area contributed by atoms with Crippen molar-refractivity contribution in [3.63, 3.8) is 0 Å². The van der Waals surface area contributed by atoms with Crippen LogP contribution in [0.1, 0.15) is 44.6 Å². The van der Waals surface area contributed by atoms with Gasteiger partial charge >= 0.3 is 5.97 Å². The summed E-state index contributed by atoms with van der Waals surface area (Å²) < 4.78 is 11.6. The van der Waals surface area contributed by atoms with Crippen molar-refractivity contribution < 1.29 is 19.1 Å². The minimum Gasteiger partial charge on any atom is -0.463 e. The van der Waals surface area contributed by atoms with Gasteiger partial charge in [-0.05, 0) is 44.4 Å². The third-order valence-electron chi connectivity index (χ3n) is 4.97. The van der Waals surface area contributed by atoms with Crippen LogP contribution in [-0.4, -0.2) is 37.3 Å². The molecule has 1 heterocycles. The molecule has 1 aliphatic heterocycles. The highest BCUT2D eigenvalue weighted by Gasteiger charge is 2.43. The number of ether oxygens (including phenoxy) is 2. The van der Waals surface area contributed by atoms with Crippen LogP contribution >= 0.6 is 15.9 Å². The molecule has 0 bridgehead atoms. The largest absolute Gasteiger partial charge is 0.463 e. The lowest BCUT2D eigenvalue weighted by molar-refractivity contribution is -0.148. The first kappa shape index (κ1) is 20.0. The lowest BCUT2D eigenvalue weighted by Crippen LogP contribution is -2.37. The Balaban J connectivity index is 1.98. The lowest BCUT2D eigenvalue weighted by atomic mass is 9.72. The van der Waals surface area contributed by atoms with E-state index in [-0.39, 0.29) is 24.3 Å². The van der Waals surface area contributed by atoms with E-state index in [0.717, 1.165) is 28.6 Å². The Hall–Kier alpha value is -1.79. The summed E-state index contributed by atoms with van der Waals surface area (Å²) in [5.74, 6) is -1.22. The standard InChI is InChI=1S/C21H24BrNO4/c1-3-26-10-11-27-21(25)18-13(2)23-16-8-5-9-17(24)20(16)19(18)14-6-4-7-15(22)12-14/h4,6-7,12,18-19H,3,5,8-11H2,1-2H3/t18?,19-/m0/s1. The van der Waals surface area contributed by atoms with Gasteiger partial charge in [-0.15, -0.1) is 0 Å². The van der Waals surface area contributed by atoms with Crippen LogP contribution in [0.15, 0.2) is 45.0 Å². The van der Waals surface area contributed by atoms with E-state index in [1.807, 2.05) is 38.1 Å². The molecule has 1 unspecified atom stereocenters. The molecule has 2 aliphatic rings. The van der Waals surface area contributed by atoms with E-state index in [1.165, 1.54) is 0 Å². The van der Waals surface area contributed by atoms with Crippen LogP contribution < -0.4 is 0 Å². The molecule has 144 valence electrons. The van der Waals surface area contributed by atoms with Crippen molar-refractivity contribution in [1.29, 1.82) is 0 Å². The van der Waals surface area contributed by atoms with E-state index in [2.05, 4.69) is 20.9 Å². The molecule has 6 heteroatoms. The van der Waals surface area contributed by atoms with Gasteiger partial charge in [0.1, 0.15) is 12.5 Å². The molecule has 0 N–H and O–H groups in total. The Morgan fingerprint density at radius 3 is 2.85 bits per heavy atom. The SMILES string of the molecule is CCOCCOC(=O)C1C(C)=NC2=C(C(=O)CCC2)[C@H]1c1cccc(Br)c1. The van der Waals surface area contributed by atoms with E-state index >= 15 is 0 Å². The number of hydrogen-bond donors (Lipinski definition) is 0. The summed E-state index contributed by atoms with van der Waals surface area (Å²) in [5, 5.41) is 0. The molecule has 0 radical (unpaired) electrons. The highest BCUT2D eigenvalue weighted by atomic mass is 79.9. The number of aliphatic imine (C=N–C) groups is 1. The van der Waals surface area contributed by atoms with Gasteiger partial charge in [-0.2, -0.15) is 0 Å². The minimum absolute atomic E-state index is 0.0876. The van der Waals surface area contributed by atoms with Gasteiger partial charge in [-0.3, -0.25) is 14.6 Å². The van der Waals surface area contributed by atoms with Gasteiger partial charge in [0.2, 0.25) is 0 Å². The molecular weight excluding hydrogens is 410 g/mol. The Morgan fingerprint density at radius 2 is 2.11 bits per heavy atom. The van der Waals surface area contributed by atoms with Crippen molar-refractivity contribution >= 4 is 33.4 Å². The highest BCUT2D eigenvalue weighted by molar-refractivity contribution is 9.10. The summed E-state index contributed by atoms with van der Waals surface area (Å²) >= 11 is 3.50. The molecular formula is C21H24BrNO4. The van der Waals surface area contributed by atoms with Crippen molar-refractivity contribution in [2.45, 2.75) is 39.0 Å². The van der Waals surface area contributed by atoms with Crippen molar-refractivity contribution in [1.82, 2.24) is 0 Å². The molecule has 0 saturated heterocycles. The Morgan fingerprint density at radius 1 is 1.30 bits per heavy atom. The smallest absolute Gasteiger partial charge is 0.315 e. The summed E-state index contributed by atoms with van der Waals surface area (Å²) in [6.45, 7) is 4.88. The monoisotopic (exact) mass is 433 g/mol. The second-order valence-corrected chi connectivity index (χ2v) is 7.68. The summed E-state index contributed by atoms with van der Waals surface area (Å²) in [7, 11) is 0. The first-order valence-electron chi connectivity index (χ1n) is 9.34. The van der Waals surface area contributed by atoms with Gasteiger partial charge in [0.25, 0.3) is 0 Å². The fourth-order valence-electron chi connectivity index (χ4n) is 3.81. The second-order valence-electron chi connectivity index (χ2n) is 6.77. The zero-order valence-electron chi connectivity index (χ0n) is 15.7. The van der Waals surface area contributed by atoms with Crippen molar-refractivity contribution in [2.75, 3.05) is 19.8 Å². The van der Waals surface area contributed by atoms with Crippen molar-refractivity contribution in [2.24, 2.45) is 10.9 Å². The van der Waals surface area contributed by atoms with Gasteiger partial charge < -0.3 is 9.47 Å². The van der Waals surface area contributed by atoms with Crippen molar-refractivity contribution in [3.05, 3.63) is 45.6 Å². The summed E-state index contributed by atoms with van der Waals surface area (Å²) in [4.78, 5) is 30.3. The van der Waals surface area contributed by atoms with Gasteiger partial charge in [-0.1, -0.05) is 28.1 Å². The zero-order chi connectivity index (χ0) is 19.4. The number of carbonyl (C=O) groups is 2. The maximum atomic E-state index is 12.9. The predicted molar refractivity (Wildman–Crippen MR) is 107 cm³/mol. The first-order chi connectivity index (χ1) is 13.0. The van der Waals surface area contributed by atoms with Crippen LogP contribution in [0.5, 0.6) is 0 Å². The fraction of sp³-hybridized carbons (Fsp3) is 0.476. The van der Waals surface area contributed by atoms with Crippen LogP contribution in [0, 0.1) is 5.92 Å². The van der Waals surface area contributed by atoms with Crippen LogP contribution in [-0.2, 0) is 19.1 Å². The highest BCUT2D eigenvalue weighted by Crippen LogP contribution is 2.43. The predicted octanol–water partition coefficient (Wildman–Crippen LogP) is 4.21. The Labute approximate surface area is 168 Å². The Kier molecular flexibility index (Phi) is 6.60. The van der Waals surface area contributed by atoms with Crippen LogP contribution in [0.3, 0.4) is 0 Å². The van der Waals surface area contributed by atoms with Gasteiger partial charge in [0, 0.05) is 40.4 Å².